The molecule has 0 aromatic carbocycles. The van der Waals surface area contributed by atoms with Crippen molar-refractivity contribution in [1.82, 2.24) is 10.2 Å². The van der Waals surface area contributed by atoms with Gasteiger partial charge in [-0.3, -0.25) is 0 Å². The number of carbonyl (C=O) groups excluding carboxylic acids is 1. The minimum atomic E-state index is -4.43. The highest BCUT2D eigenvalue weighted by Crippen LogP contribution is 2.17. The Morgan fingerprint density at radius 2 is 2.27 bits per heavy atom. The molecule has 0 atom stereocenters. The molecule has 15 heavy (non-hydrogen) atoms. The third kappa shape index (κ3) is 3.49. The van der Waals surface area contributed by atoms with E-state index in [1.807, 2.05) is 0 Å². The van der Waals surface area contributed by atoms with Gasteiger partial charge in [-0.25, -0.2) is 9.89 Å². The molecule has 0 saturated carbocycles. The van der Waals surface area contributed by atoms with Crippen molar-refractivity contribution in [2.24, 2.45) is 0 Å². The monoisotopic (exact) mass is 224 g/mol. The Kier molecular flexibility index (Phi) is 3.17. The van der Waals surface area contributed by atoms with Gasteiger partial charge in [0.2, 0.25) is 5.88 Å². The molecule has 8 heteroatoms. The Hall–Kier alpha value is -1.73. The fraction of sp³-hybridized carbons (Fsp3) is 0.429. The number of hydrogen-bond donors (Lipinski definition) is 1. The van der Waals surface area contributed by atoms with Crippen molar-refractivity contribution in [2.75, 3.05) is 13.7 Å². The molecule has 0 aliphatic heterocycles. The highest BCUT2D eigenvalue weighted by Gasteiger charge is 2.28. The molecule has 0 aliphatic rings. The maximum Gasteiger partial charge on any atom is 0.422 e. The molecule has 0 amide bonds. The lowest BCUT2D eigenvalue weighted by Gasteiger charge is -2.05. The van der Waals surface area contributed by atoms with Crippen LogP contribution < -0.4 is 4.74 Å². The number of hydrogen-bond acceptors (Lipinski definition) is 4. The standard InChI is InChI=1S/C7H7F3N2O3/c1-14-6(13)4-2-5(12-11-4)15-3-7(8,9)10/h2H,3H2,1H3,(H,11,12). The first kappa shape index (κ1) is 11.3. The molecule has 1 aromatic heterocycles. The molecule has 1 rings (SSSR count). The summed E-state index contributed by atoms with van der Waals surface area (Å²) in [6, 6.07) is 1.03. The van der Waals surface area contributed by atoms with E-state index in [0.29, 0.717) is 0 Å². The van der Waals surface area contributed by atoms with Gasteiger partial charge in [0.05, 0.1) is 7.11 Å². The molecule has 0 saturated heterocycles. The minimum absolute atomic E-state index is 0.144. The highest BCUT2D eigenvalue weighted by molar-refractivity contribution is 5.87. The zero-order chi connectivity index (χ0) is 11.5. The number of nitrogens with one attached hydrogen (secondary N) is 1. The quantitative estimate of drug-likeness (QED) is 0.782. The second kappa shape index (κ2) is 4.20. The lowest BCUT2D eigenvalue weighted by Crippen LogP contribution is -2.19. The summed E-state index contributed by atoms with van der Waals surface area (Å²) in [6.45, 7) is -1.45. The average molecular weight is 224 g/mol. The van der Waals surface area contributed by atoms with Crippen molar-refractivity contribution in [3.63, 3.8) is 0 Å². The predicted octanol–water partition coefficient (Wildman–Crippen LogP) is 1.14. The normalized spacial score (nSPS) is 11.2. The van der Waals surface area contributed by atoms with Crippen molar-refractivity contribution in [3.05, 3.63) is 11.8 Å². The van der Waals surface area contributed by atoms with Crippen LogP contribution in [0.25, 0.3) is 0 Å². The molecule has 0 spiro atoms. The molecule has 1 heterocycles. The van der Waals surface area contributed by atoms with E-state index in [-0.39, 0.29) is 11.6 Å². The Bertz CT molecular complexity index is 347. The summed E-state index contributed by atoms with van der Waals surface area (Å²) in [6.07, 6.45) is -4.43. The van der Waals surface area contributed by atoms with Crippen LogP contribution in [-0.4, -0.2) is 36.1 Å². The molecular weight excluding hydrogens is 217 g/mol. The summed E-state index contributed by atoms with van der Waals surface area (Å²) in [4.78, 5) is 10.8. The summed E-state index contributed by atoms with van der Waals surface area (Å²) >= 11 is 0. The number of halogens is 3. The van der Waals surface area contributed by atoms with Crippen LogP contribution >= 0.6 is 0 Å². The first-order chi connectivity index (χ1) is 6.92. The second-order valence-corrected chi connectivity index (χ2v) is 2.51. The van der Waals surface area contributed by atoms with Crippen LogP contribution in [0, 0.1) is 0 Å². The number of alkyl halides is 3. The van der Waals surface area contributed by atoms with Gasteiger partial charge in [-0.2, -0.15) is 18.3 Å². The Morgan fingerprint density at radius 1 is 1.60 bits per heavy atom. The van der Waals surface area contributed by atoms with Crippen LogP contribution in [0.4, 0.5) is 13.2 Å². The third-order valence-corrected chi connectivity index (χ3v) is 1.34. The van der Waals surface area contributed by atoms with E-state index in [4.69, 9.17) is 0 Å². The maximum atomic E-state index is 11.7. The van der Waals surface area contributed by atoms with Gasteiger partial charge in [0.25, 0.3) is 0 Å². The number of aromatic nitrogens is 2. The number of H-pyrrole nitrogens is 1. The number of ether oxygens (including phenoxy) is 2. The number of aromatic amines is 1. The van der Waals surface area contributed by atoms with E-state index >= 15 is 0 Å². The Balaban J connectivity index is 2.57. The van der Waals surface area contributed by atoms with Crippen LogP contribution in [0.2, 0.25) is 0 Å². The van der Waals surface area contributed by atoms with Gasteiger partial charge in [-0.05, 0) is 0 Å². The topological polar surface area (TPSA) is 64.2 Å². The fourth-order valence-electron chi connectivity index (χ4n) is 0.747. The number of esters is 1. The summed E-state index contributed by atoms with van der Waals surface area (Å²) in [5.41, 5.74) is -0.144. The zero-order valence-electron chi connectivity index (χ0n) is 7.59. The molecule has 84 valence electrons. The molecule has 0 unspecified atom stereocenters. The van der Waals surface area contributed by atoms with E-state index in [9.17, 15) is 18.0 Å². The van der Waals surface area contributed by atoms with E-state index in [1.165, 1.54) is 0 Å². The van der Waals surface area contributed by atoms with Crippen LogP contribution in [0.5, 0.6) is 5.88 Å². The first-order valence-electron chi connectivity index (χ1n) is 3.75. The second-order valence-electron chi connectivity index (χ2n) is 2.51. The lowest BCUT2D eigenvalue weighted by molar-refractivity contribution is -0.154. The Labute approximate surface area is 82.2 Å². The van der Waals surface area contributed by atoms with Gasteiger partial charge in [0.15, 0.2) is 12.3 Å². The van der Waals surface area contributed by atoms with Crippen molar-refractivity contribution in [3.8, 4) is 5.88 Å². The van der Waals surface area contributed by atoms with Gasteiger partial charge in [-0.1, -0.05) is 0 Å². The maximum absolute atomic E-state index is 11.7. The largest absolute Gasteiger partial charge is 0.468 e. The van der Waals surface area contributed by atoms with Crippen LogP contribution in [0.3, 0.4) is 0 Å². The predicted molar refractivity (Wildman–Crippen MR) is 41.5 cm³/mol. The molecule has 0 bridgehead atoms. The summed E-state index contributed by atoms with van der Waals surface area (Å²) in [5.74, 6) is -0.999. The highest BCUT2D eigenvalue weighted by atomic mass is 19.4. The summed E-state index contributed by atoms with van der Waals surface area (Å²) in [7, 11) is 1.13. The molecular formula is C7H7F3N2O3. The smallest absolute Gasteiger partial charge is 0.422 e. The molecule has 1 aromatic rings. The molecule has 5 nitrogen and oxygen atoms in total. The molecule has 0 radical (unpaired) electrons. The SMILES string of the molecule is COC(=O)c1cc(OCC(F)(F)F)[nH]n1. The van der Waals surface area contributed by atoms with Gasteiger partial charge < -0.3 is 9.47 Å². The van der Waals surface area contributed by atoms with Crippen molar-refractivity contribution < 1.29 is 27.4 Å². The van der Waals surface area contributed by atoms with Gasteiger partial charge in [0.1, 0.15) is 0 Å². The Morgan fingerprint density at radius 3 is 2.80 bits per heavy atom. The third-order valence-electron chi connectivity index (χ3n) is 1.34. The minimum Gasteiger partial charge on any atom is -0.468 e. The molecule has 1 N–H and O–H groups in total. The van der Waals surface area contributed by atoms with Crippen molar-refractivity contribution in [1.29, 1.82) is 0 Å². The molecule has 0 aliphatic carbocycles. The number of carbonyl (C=O) groups is 1. The average Bonchev–Trinajstić information content (AvgIpc) is 2.61. The van der Waals surface area contributed by atoms with Crippen LogP contribution in [0.1, 0.15) is 10.5 Å². The number of methoxy groups -OCH3 is 1. The fourth-order valence-corrected chi connectivity index (χ4v) is 0.747. The van der Waals surface area contributed by atoms with E-state index in [1.54, 1.807) is 0 Å². The van der Waals surface area contributed by atoms with Gasteiger partial charge in [-0.15, -0.1) is 0 Å². The zero-order valence-corrected chi connectivity index (χ0v) is 7.59. The van der Waals surface area contributed by atoms with Gasteiger partial charge in [0, 0.05) is 6.07 Å². The summed E-state index contributed by atoms with van der Waals surface area (Å²) in [5, 5.41) is 5.52. The number of nitrogens with zero attached hydrogens (tertiary/aromatic N) is 1. The van der Waals surface area contributed by atoms with Crippen molar-refractivity contribution >= 4 is 5.97 Å². The van der Waals surface area contributed by atoms with E-state index in [0.717, 1.165) is 13.2 Å². The van der Waals surface area contributed by atoms with Crippen LogP contribution in [0.15, 0.2) is 6.07 Å². The lowest BCUT2D eigenvalue weighted by atomic mass is 10.4. The van der Waals surface area contributed by atoms with E-state index < -0.39 is 18.8 Å². The van der Waals surface area contributed by atoms with Crippen molar-refractivity contribution in [2.45, 2.75) is 6.18 Å². The molecule has 0 fully saturated rings. The summed E-state index contributed by atoms with van der Waals surface area (Å²) < 4.78 is 43.8. The first-order valence-corrected chi connectivity index (χ1v) is 3.75. The van der Waals surface area contributed by atoms with Crippen LogP contribution in [-0.2, 0) is 4.74 Å². The van der Waals surface area contributed by atoms with E-state index in [2.05, 4.69) is 19.7 Å². The van der Waals surface area contributed by atoms with Gasteiger partial charge >= 0.3 is 12.1 Å². The number of rotatable bonds is 3.